The van der Waals surface area contributed by atoms with Crippen LogP contribution in [0.1, 0.15) is 51.0 Å². The number of aryl methyl sites for hydroxylation is 2. The molecule has 2 N–H and O–H groups in total. The molecule has 1 fully saturated rings. The maximum Gasteiger partial charge on any atom is 0.0521 e. The second-order valence-electron chi connectivity index (χ2n) is 5.76. The lowest BCUT2D eigenvalue weighted by Gasteiger charge is -2.38. The third kappa shape index (κ3) is 3.32. The van der Waals surface area contributed by atoms with E-state index in [1.807, 2.05) is 17.9 Å². The molecule has 0 radical (unpaired) electrons. The average molecular weight is 235 g/mol. The van der Waals surface area contributed by atoms with E-state index >= 15 is 0 Å². The number of hydrogen-bond acceptors (Lipinski definition) is 2. The highest BCUT2D eigenvalue weighted by atomic mass is 15.2. The standard InChI is InChI=1S/C14H25N3/c1-3-12-5-4-7-14(15,9-12)8-6-13-10-16-17(2)11-13/h10-12H,3-9,15H2,1-2H3. The molecule has 17 heavy (non-hydrogen) atoms. The molecule has 3 heteroatoms. The lowest BCUT2D eigenvalue weighted by atomic mass is 9.73. The Morgan fingerprint density at radius 1 is 1.59 bits per heavy atom. The predicted octanol–water partition coefficient (Wildman–Crippen LogP) is 2.65. The molecule has 2 rings (SSSR count). The summed E-state index contributed by atoms with van der Waals surface area (Å²) in [6, 6.07) is 0. The molecule has 0 aliphatic heterocycles. The van der Waals surface area contributed by atoms with E-state index in [-0.39, 0.29) is 5.54 Å². The van der Waals surface area contributed by atoms with Crippen molar-refractivity contribution in [3.05, 3.63) is 18.0 Å². The highest BCUT2D eigenvalue weighted by Crippen LogP contribution is 2.35. The first-order chi connectivity index (χ1) is 8.11. The molecule has 1 saturated carbocycles. The van der Waals surface area contributed by atoms with E-state index in [0.29, 0.717) is 0 Å². The van der Waals surface area contributed by atoms with Crippen LogP contribution in [0.2, 0.25) is 0 Å². The zero-order valence-corrected chi connectivity index (χ0v) is 11.2. The highest BCUT2D eigenvalue weighted by molar-refractivity contribution is 5.05. The summed E-state index contributed by atoms with van der Waals surface area (Å²) in [5.41, 5.74) is 7.95. The molecule has 1 aromatic heterocycles. The number of hydrogen-bond donors (Lipinski definition) is 1. The zero-order valence-electron chi connectivity index (χ0n) is 11.2. The first kappa shape index (κ1) is 12.6. The van der Waals surface area contributed by atoms with Gasteiger partial charge < -0.3 is 5.73 Å². The average Bonchev–Trinajstić information content (AvgIpc) is 2.73. The predicted molar refractivity (Wildman–Crippen MR) is 70.7 cm³/mol. The van der Waals surface area contributed by atoms with Crippen molar-refractivity contribution >= 4 is 0 Å². The highest BCUT2D eigenvalue weighted by Gasteiger charge is 2.31. The topological polar surface area (TPSA) is 43.8 Å². The van der Waals surface area contributed by atoms with Crippen LogP contribution in [-0.2, 0) is 13.5 Å². The SMILES string of the molecule is CCC1CCCC(N)(CCc2cnn(C)c2)C1. The fourth-order valence-electron chi connectivity index (χ4n) is 3.09. The molecular formula is C14H25N3. The summed E-state index contributed by atoms with van der Waals surface area (Å²) in [5, 5.41) is 4.21. The van der Waals surface area contributed by atoms with E-state index in [1.165, 1.54) is 37.7 Å². The Kier molecular flexibility index (Phi) is 3.87. The van der Waals surface area contributed by atoms with Crippen LogP contribution in [0.4, 0.5) is 0 Å². The van der Waals surface area contributed by atoms with Gasteiger partial charge in [0.25, 0.3) is 0 Å². The summed E-state index contributed by atoms with van der Waals surface area (Å²) in [7, 11) is 1.97. The van der Waals surface area contributed by atoms with Gasteiger partial charge in [0.15, 0.2) is 0 Å². The molecule has 1 heterocycles. The summed E-state index contributed by atoms with van der Waals surface area (Å²) < 4.78 is 1.87. The van der Waals surface area contributed by atoms with Crippen molar-refractivity contribution in [2.75, 3.05) is 0 Å². The second-order valence-corrected chi connectivity index (χ2v) is 5.76. The van der Waals surface area contributed by atoms with Gasteiger partial charge in [-0.1, -0.05) is 26.2 Å². The summed E-state index contributed by atoms with van der Waals surface area (Å²) in [5.74, 6) is 0.850. The monoisotopic (exact) mass is 235 g/mol. The third-order valence-electron chi connectivity index (χ3n) is 4.23. The lowest BCUT2D eigenvalue weighted by Crippen LogP contribution is -2.44. The van der Waals surface area contributed by atoms with Crippen LogP contribution in [-0.4, -0.2) is 15.3 Å². The van der Waals surface area contributed by atoms with Gasteiger partial charge in [0.05, 0.1) is 6.20 Å². The summed E-state index contributed by atoms with van der Waals surface area (Å²) in [6.07, 6.45) is 12.6. The molecule has 2 atom stereocenters. The molecule has 1 aliphatic carbocycles. The molecule has 0 bridgehead atoms. The third-order valence-corrected chi connectivity index (χ3v) is 4.23. The first-order valence-corrected chi connectivity index (χ1v) is 6.88. The van der Waals surface area contributed by atoms with Crippen LogP contribution in [0.5, 0.6) is 0 Å². The molecule has 1 aliphatic rings. The van der Waals surface area contributed by atoms with Gasteiger partial charge in [-0.25, -0.2) is 0 Å². The van der Waals surface area contributed by atoms with E-state index in [1.54, 1.807) is 0 Å². The first-order valence-electron chi connectivity index (χ1n) is 6.88. The largest absolute Gasteiger partial charge is 0.325 e. The van der Waals surface area contributed by atoms with Crippen LogP contribution in [0.3, 0.4) is 0 Å². The van der Waals surface area contributed by atoms with Crippen LogP contribution >= 0.6 is 0 Å². The second kappa shape index (κ2) is 5.21. The Labute approximate surface area is 104 Å². The molecule has 96 valence electrons. The fourth-order valence-corrected chi connectivity index (χ4v) is 3.09. The van der Waals surface area contributed by atoms with Crippen molar-refractivity contribution in [2.45, 2.75) is 57.4 Å². The van der Waals surface area contributed by atoms with E-state index in [4.69, 9.17) is 5.73 Å². The Morgan fingerprint density at radius 2 is 2.41 bits per heavy atom. The quantitative estimate of drug-likeness (QED) is 0.872. The van der Waals surface area contributed by atoms with Gasteiger partial charge in [0.2, 0.25) is 0 Å². The van der Waals surface area contributed by atoms with Crippen molar-refractivity contribution in [2.24, 2.45) is 18.7 Å². The normalized spacial score (nSPS) is 29.5. The van der Waals surface area contributed by atoms with Gasteiger partial charge in [0, 0.05) is 18.8 Å². The van der Waals surface area contributed by atoms with Gasteiger partial charge in [-0.05, 0) is 37.2 Å². The van der Waals surface area contributed by atoms with E-state index < -0.39 is 0 Å². The van der Waals surface area contributed by atoms with Crippen LogP contribution in [0, 0.1) is 5.92 Å². The Morgan fingerprint density at radius 3 is 3.06 bits per heavy atom. The van der Waals surface area contributed by atoms with Gasteiger partial charge in [-0.15, -0.1) is 0 Å². The van der Waals surface area contributed by atoms with E-state index in [0.717, 1.165) is 18.8 Å². The maximum absolute atomic E-state index is 6.55. The zero-order chi connectivity index (χ0) is 12.3. The smallest absolute Gasteiger partial charge is 0.0521 e. The number of nitrogens with zero attached hydrogens (tertiary/aromatic N) is 2. The van der Waals surface area contributed by atoms with Crippen LogP contribution in [0.15, 0.2) is 12.4 Å². The number of aromatic nitrogens is 2. The minimum Gasteiger partial charge on any atom is -0.325 e. The fraction of sp³-hybridized carbons (Fsp3) is 0.786. The van der Waals surface area contributed by atoms with Crippen LogP contribution < -0.4 is 5.73 Å². The van der Waals surface area contributed by atoms with Crippen molar-refractivity contribution in [1.82, 2.24) is 9.78 Å². The molecule has 0 spiro atoms. The molecule has 0 saturated heterocycles. The summed E-state index contributed by atoms with van der Waals surface area (Å²) in [6.45, 7) is 2.29. The lowest BCUT2D eigenvalue weighted by molar-refractivity contribution is 0.208. The Hall–Kier alpha value is -0.830. The summed E-state index contributed by atoms with van der Waals surface area (Å²) >= 11 is 0. The van der Waals surface area contributed by atoms with Crippen molar-refractivity contribution in [3.8, 4) is 0 Å². The minimum absolute atomic E-state index is 0.0781. The molecule has 3 nitrogen and oxygen atoms in total. The Bertz CT molecular complexity index is 358. The van der Waals surface area contributed by atoms with Gasteiger partial charge in [-0.3, -0.25) is 4.68 Å². The molecule has 0 amide bonds. The van der Waals surface area contributed by atoms with Crippen molar-refractivity contribution in [3.63, 3.8) is 0 Å². The van der Waals surface area contributed by atoms with E-state index in [9.17, 15) is 0 Å². The Balaban J connectivity index is 1.88. The van der Waals surface area contributed by atoms with Gasteiger partial charge in [0.1, 0.15) is 0 Å². The van der Waals surface area contributed by atoms with Crippen molar-refractivity contribution < 1.29 is 0 Å². The maximum atomic E-state index is 6.55. The van der Waals surface area contributed by atoms with Gasteiger partial charge in [-0.2, -0.15) is 5.10 Å². The van der Waals surface area contributed by atoms with E-state index in [2.05, 4.69) is 18.2 Å². The number of nitrogens with two attached hydrogens (primary N) is 1. The van der Waals surface area contributed by atoms with Crippen LogP contribution in [0.25, 0.3) is 0 Å². The minimum atomic E-state index is 0.0781. The number of rotatable bonds is 4. The molecule has 2 unspecified atom stereocenters. The summed E-state index contributed by atoms with van der Waals surface area (Å²) in [4.78, 5) is 0. The molecule has 0 aromatic carbocycles. The van der Waals surface area contributed by atoms with Gasteiger partial charge >= 0.3 is 0 Å². The molecule has 1 aromatic rings. The van der Waals surface area contributed by atoms with Crippen molar-refractivity contribution in [1.29, 1.82) is 0 Å². The molecular weight excluding hydrogens is 210 g/mol.